The number of hydrogen-bond acceptors (Lipinski definition) is 4. The Morgan fingerprint density at radius 3 is 2.61 bits per heavy atom. The molecule has 5 rings (SSSR count). The highest BCUT2D eigenvalue weighted by Gasteiger charge is 2.25. The molecule has 0 aliphatic rings. The second-order valence-electron chi connectivity index (χ2n) is 7.57. The second-order valence-corrected chi connectivity index (χ2v) is 7.57. The van der Waals surface area contributed by atoms with Gasteiger partial charge in [-0.05, 0) is 47.9 Å². The molecule has 0 saturated heterocycles. The molecule has 0 aliphatic carbocycles. The standard InChI is InChI=1S/C24H18F2N6O/c1-14-19(26)12-17(24(33)29-20-7-9-28-31(20)2)23(22(14)16-5-3-4-6-18(16)25)15-8-10-32-13-27-30-21(32)11-15/h3-13H,1-2H3,(H,29,33). The van der Waals surface area contributed by atoms with Crippen LogP contribution in [-0.4, -0.2) is 30.3 Å². The Labute approximate surface area is 187 Å². The van der Waals surface area contributed by atoms with E-state index in [1.807, 2.05) is 0 Å². The van der Waals surface area contributed by atoms with Crippen molar-refractivity contribution in [1.29, 1.82) is 0 Å². The SMILES string of the molecule is Cc1c(F)cc(C(=O)Nc2ccnn2C)c(-c2ccn3cnnc3c2)c1-c1ccccc1F. The van der Waals surface area contributed by atoms with Crippen LogP contribution in [0.5, 0.6) is 0 Å². The summed E-state index contributed by atoms with van der Waals surface area (Å²) in [5, 5.41) is 14.7. The summed E-state index contributed by atoms with van der Waals surface area (Å²) in [5.74, 6) is -1.25. The van der Waals surface area contributed by atoms with Crippen LogP contribution < -0.4 is 5.32 Å². The minimum atomic E-state index is -0.615. The van der Waals surface area contributed by atoms with Crippen LogP contribution in [0.2, 0.25) is 0 Å². The molecule has 1 N–H and O–H groups in total. The summed E-state index contributed by atoms with van der Waals surface area (Å²) in [6.07, 6.45) is 4.82. The molecule has 0 aliphatic heterocycles. The quantitative estimate of drug-likeness (QED) is 0.438. The number of rotatable bonds is 4. The molecule has 0 bridgehead atoms. The largest absolute Gasteiger partial charge is 0.307 e. The Morgan fingerprint density at radius 1 is 1.03 bits per heavy atom. The van der Waals surface area contributed by atoms with Crippen LogP contribution in [0.4, 0.5) is 14.6 Å². The lowest BCUT2D eigenvalue weighted by Crippen LogP contribution is -2.17. The number of nitrogens with zero attached hydrogens (tertiary/aromatic N) is 5. The van der Waals surface area contributed by atoms with Gasteiger partial charge in [-0.15, -0.1) is 10.2 Å². The van der Waals surface area contributed by atoms with Gasteiger partial charge >= 0.3 is 0 Å². The van der Waals surface area contributed by atoms with Gasteiger partial charge in [0.05, 0.1) is 11.8 Å². The van der Waals surface area contributed by atoms with Crippen molar-refractivity contribution in [3.8, 4) is 22.3 Å². The molecule has 3 aromatic heterocycles. The van der Waals surface area contributed by atoms with Gasteiger partial charge in [0.15, 0.2) is 5.65 Å². The lowest BCUT2D eigenvalue weighted by molar-refractivity contribution is 0.102. The molecule has 7 nitrogen and oxygen atoms in total. The summed E-state index contributed by atoms with van der Waals surface area (Å²) >= 11 is 0. The lowest BCUT2D eigenvalue weighted by Gasteiger charge is -2.19. The van der Waals surface area contributed by atoms with E-state index in [2.05, 4.69) is 20.6 Å². The van der Waals surface area contributed by atoms with Gasteiger partial charge in [0, 0.05) is 30.4 Å². The molecule has 0 atom stereocenters. The van der Waals surface area contributed by atoms with E-state index in [-0.39, 0.29) is 16.7 Å². The van der Waals surface area contributed by atoms with Crippen molar-refractivity contribution in [2.45, 2.75) is 6.92 Å². The Morgan fingerprint density at radius 2 is 1.85 bits per heavy atom. The molecular weight excluding hydrogens is 426 g/mol. The van der Waals surface area contributed by atoms with E-state index in [1.165, 1.54) is 23.0 Å². The Bertz CT molecular complexity index is 1520. The molecule has 164 valence electrons. The fourth-order valence-corrected chi connectivity index (χ4v) is 3.88. The average Bonchev–Trinajstić information content (AvgIpc) is 3.44. The highest BCUT2D eigenvalue weighted by atomic mass is 19.1. The second kappa shape index (κ2) is 7.94. The van der Waals surface area contributed by atoms with E-state index in [4.69, 9.17) is 0 Å². The zero-order valence-corrected chi connectivity index (χ0v) is 17.8. The van der Waals surface area contributed by atoms with Gasteiger partial charge in [-0.3, -0.25) is 13.9 Å². The van der Waals surface area contributed by atoms with E-state index in [1.54, 1.807) is 67.3 Å². The third-order valence-electron chi connectivity index (χ3n) is 5.56. The van der Waals surface area contributed by atoms with E-state index >= 15 is 4.39 Å². The van der Waals surface area contributed by atoms with Crippen molar-refractivity contribution >= 4 is 17.4 Å². The summed E-state index contributed by atoms with van der Waals surface area (Å²) in [4.78, 5) is 13.4. The van der Waals surface area contributed by atoms with Gasteiger partial charge in [-0.2, -0.15) is 5.10 Å². The maximum Gasteiger partial charge on any atom is 0.257 e. The van der Waals surface area contributed by atoms with Crippen LogP contribution in [0, 0.1) is 18.6 Å². The predicted molar refractivity (Wildman–Crippen MR) is 120 cm³/mol. The maximum atomic E-state index is 15.1. The van der Waals surface area contributed by atoms with Crippen LogP contribution in [0.25, 0.3) is 27.9 Å². The monoisotopic (exact) mass is 444 g/mol. The van der Waals surface area contributed by atoms with Crippen molar-refractivity contribution in [3.05, 3.63) is 90.0 Å². The smallest absolute Gasteiger partial charge is 0.257 e. The zero-order chi connectivity index (χ0) is 23.1. The normalized spacial score (nSPS) is 11.2. The summed E-state index contributed by atoms with van der Waals surface area (Å²) in [6, 6.07) is 12.4. The Balaban J connectivity index is 1.81. The number of benzene rings is 2. The van der Waals surface area contributed by atoms with E-state index in [0.29, 0.717) is 28.2 Å². The minimum Gasteiger partial charge on any atom is -0.307 e. The van der Waals surface area contributed by atoms with Gasteiger partial charge in [0.2, 0.25) is 0 Å². The number of hydrogen-bond donors (Lipinski definition) is 1. The number of halogens is 2. The topological polar surface area (TPSA) is 77.1 Å². The highest BCUT2D eigenvalue weighted by molar-refractivity contribution is 6.11. The molecule has 3 heterocycles. The minimum absolute atomic E-state index is 0.0569. The van der Waals surface area contributed by atoms with Gasteiger partial charge in [-0.1, -0.05) is 18.2 Å². The van der Waals surface area contributed by atoms with Crippen molar-refractivity contribution in [3.63, 3.8) is 0 Å². The van der Waals surface area contributed by atoms with E-state index in [0.717, 1.165) is 0 Å². The molecule has 0 radical (unpaired) electrons. The molecule has 9 heteroatoms. The molecule has 0 spiro atoms. The predicted octanol–water partition coefficient (Wildman–Crippen LogP) is 4.64. The molecule has 1 amide bonds. The van der Waals surface area contributed by atoms with Gasteiger partial charge < -0.3 is 5.32 Å². The van der Waals surface area contributed by atoms with Gasteiger partial charge in [0.1, 0.15) is 23.8 Å². The van der Waals surface area contributed by atoms with Crippen molar-refractivity contribution in [2.75, 3.05) is 5.32 Å². The fourth-order valence-electron chi connectivity index (χ4n) is 3.88. The van der Waals surface area contributed by atoms with Crippen LogP contribution in [-0.2, 0) is 7.05 Å². The molecule has 2 aromatic carbocycles. The Hall–Kier alpha value is -4.40. The van der Waals surface area contributed by atoms with Gasteiger partial charge in [0.25, 0.3) is 5.91 Å². The zero-order valence-electron chi connectivity index (χ0n) is 17.8. The number of carbonyl (C=O) groups excluding carboxylic acids is 1. The number of nitrogens with one attached hydrogen (secondary N) is 1. The Kier molecular flexibility index (Phi) is 4.93. The number of aromatic nitrogens is 5. The molecule has 0 saturated carbocycles. The first-order valence-corrected chi connectivity index (χ1v) is 10.1. The third-order valence-corrected chi connectivity index (χ3v) is 5.56. The van der Waals surface area contributed by atoms with Gasteiger partial charge in [-0.25, -0.2) is 8.78 Å². The highest BCUT2D eigenvalue weighted by Crippen LogP contribution is 2.40. The van der Waals surface area contributed by atoms with Crippen LogP contribution in [0.15, 0.2) is 67.3 Å². The molecule has 5 aromatic rings. The number of carbonyl (C=O) groups is 1. The number of pyridine rings is 1. The molecule has 33 heavy (non-hydrogen) atoms. The lowest BCUT2D eigenvalue weighted by atomic mass is 9.86. The number of amides is 1. The molecular formula is C24H18F2N6O. The first-order valence-electron chi connectivity index (χ1n) is 10.1. The van der Waals surface area contributed by atoms with Crippen LogP contribution in [0.3, 0.4) is 0 Å². The molecule has 0 unspecified atom stereocenters. The van der Waals surface area contributed by atoms with Crippen molar-refractivity contribution in [2.24, 2.45) is 7.05 Å². The number of fused-ring (bicyclic) bond motifs is 1. The van der Waals surface area contributed by atoms with Crippen LogP contribution in [0.1, 0.15) is 15.9 Å². The first kappa shape index (κ1) is 20.5. The van der Waals surface area contributed by atoms with Crippen LogP contribution >= 0.6 is 0 Å². The summed E-state index contributed by atoms with van der Waals surface area (Å²) in [5.41, 5.74) is 2.28. The third kappa shape index (κ3) is 3.53. The molecule has 0 fully saturated rings. The van der Waals surface area contributed by atoms with E-state index in [9.17, 15) is 9.18 Å². The van der Waals surface area contributed by atoms with Crippen molar-refractivity contribution in [1.82, 2.24) is 24.4 Å². The maximum absolute atomic E-state index is 15.1. The average molecular weight is 444 g/mol. The van der Waals surface area contributed by atoms with E-state index < -0.39 is 17.5 Å². The summed E-state index contributed by atoms with van der Waals surface area (Å²) in [7, 11) is 1.68. The number of aryl methyl sites for hydroxylation is 1. The summed E-state index contributed by atoms with van der Waals surface area (Å²) < 4.78 is 33.2. The number of anilines is 1. The van der Waals surface area contributed by atoms with Crippen molar-refractivity contribution < 1.29 is 13.6 Å². The summed E-state index contributed by atoms with van der Waals surface area (Å²) in [6.45, 7) is 1.57. The fraction of sp³-hybridized carbons (Fsp3) is 0.0833. The first-order chi connectivity index (χ1) is 15.9.